The average molecular weight is 253 g/mol. The number of ether oxygens (including phenoxy) is 1. The minimum Gasteiger partial charge on any atom is -0.491 e. The Hall–Kier alpha value is -1.74. The number of hydrogen-bond acceptors (Lipinski definition) is 2. The lowest BCUT2D eigenvalue weighted by Crippen LogP contribution is -2.24. The second-order valence-corrected chi connectivity index (χ2v) is 4.78. The van der Waals surface area contributed by atoms with Gasteiger partial charge in [0.25, 0.3) is 0 Å². The quantitative estimate of drug-likeness (QED) is 0.827. The molecule has 0 saturated carbocycles. The number of benzene rings is 2. The molecule has 2 nitrogen and oxygen atoms in total. The summed E-state index contributed by atoms with van der Waals surface area (Å²) in [6, 6.07) is 16.8. The van der Waals surface area contributed by atoms with Gasteiger partial charge in [-0.2, -0.15) is 0 Å². The first-order chi connectivity index (χ1) is 9.22. The SMILES string of the molecule is BNC(COc1c(C)cccc1C)c1ccccc1. The van der Waals surface area contributed by atoms with Crippen LogP contribution in [0.2, 0.25) is 0 Å². The zero-order valence-electron chi connectivity index (χ0n) is 11.8. The van der Waals surface area contributed by atoms with Gasteiger partial charge in [0.15, 0.2) is 7.98 Å². The van der Waals surface area contributed by atoms with Crippen LogP contribution in [-0.2, 0) is 0 Å². The van der Waals surface area contributed by atoms with E-state index in [0.29, 0.717) is 6.61 Å². The molecule has 0 bridgehead atoms. The summed E-state index contributed by atoms with van der Waals surface area (Å²) in [5.41, 5.74) is 3.61. The van der Waals surface area contributed by atoms with Crippen LogP contribution in [-0.4, -0.2) is 14.6 Å². The Morgan fingerprint density at radius 1 is 1.00 bits per heavy atom. The zero-order chi connectivity index (χ0) is 13.7. The van der Waals surface area contributed by atoms with Gasteiger partial charge in [-0.05, 0) is 30.5 Å². The van der Waals surface area contributed by atoms with E-state index in [1.807, 2.05) is 14.0 Å². The van der Waals surface area contributed by atoms with Gasteiger partial charge in [0.1, 0.15) is 12.4 Å². The molecule has 1 N–H and O–H groups in total. The molecule has 1 unspecified atom stereocenters. The molecular weight excluding hydrogens is 233 g/mol. The Morgan fingerprint density at radius 3 is 2.21 bits per heavy atom. The fourth-order valence-corrected chi connectivity index (χ4v) is 2.23. The topological polar surface area (TPSA) is 21.3 Å². The summed E-state index contributed by atoms with van der Waals surface area (Å²) in [6.07, 6.45) is 0. The van der Waals surface area contributed by atoms with Crippen molar-refractivity contribution in [1.82, 2.24) is 5.23 Å². The van der Waals surface area contributed by atoms with E-state index in [1.165, 1.54) is 16.7 Å². The highest BCUT2D eigenvalue weighted by molar-refractivity contribution is 6.04. The molecule has 98 valence electrons. The summed E-state index contributed by atoms with van der Waals surface area (Å²) in [5.74, 6) is 0.999. The van der Waals surface area contributed by atoms with E-state index in [9.17, 15) is 0 Å². The molecule has 0 aliphatic rings. The molecule has 0 spiro atoms. The molecule has 0 amide bonds. The van der Waals surface area contributed by atoms with Crippen LogP contribution in [0, 0.1) is 13.8 Å². The zero-order valence-corrected chi connectivity index (χ0v) is 11.8. The third kappa shape index (κ3) is 3.39. The lowest BCUT2D eigenvalue weighted by molar-refractivity contribution is 0.279. The van der Waals surface area contributed by atoms with Crippen molar-refractivity contribution in [3.8, 4) is 5.75 Å². The van der Waals surface area contributed by atoms with E-state index >= 15 is 0 Å². The van der Waals surface area contributed by atoms with Gasteiger partial charge in [-0.3, -0.25) is 0 Å². The Kier molecular flexibility index (Phi) is 4.64. The Labute approximate surface area is 116 Å². The van der Waals surface area contributed by atoms with Gasteiger partial charge in [0, 0.05) is 0 Å². The number of hydrogen-bond donors (Lipinski definition) is 1. The number of rotatable bonds is 5. The van der Waals surface area contributed by atoms with Crippen molar-refractivity contribution in [2.45, 2.75) is 19.9 Å². The summed E-state index contributed by atoms with van der Waals surface area (Å²) >= 11 is 0. The van der Waals surface area contributed by atoms with E-state index in [0.717, 1.165) is 5.75 Å². The molecule has 2 aromatic rings. The monoisotopic (exact) mass is 253 g/mol. The Balaban J connectivity index is 2.09. The lowest BCUT2D eigenvalue weighted by Gasteiger charge is -2.19. The van der Waals surface area contributed by atoms with Crippen LogP contribution >= 0.6 is 0 Å². The predicted molar refractivity (Wildman–Crippen MR) is 82.3 cm³/mol. The highest BCUT2D eigenvalue weighted by Crippen LogP contribution is 2.24. The molecule has 0 aliphatic heterocycles. The van der Waals surface area contributed by atoms with Crippen LogP contribution in [0.15, 0.2) is 48.5 Å². The fraction of sp³-hybridized carbons (Fsp3) is 0.250. The van der Waals surface area contributed by atoms with Crippen molar-refractivity contribution in [2.24, 2.45) is 0 Å². The van der Waals surface area contributed by atoms with E-state index < -0.39 is 0 Å². The van der Waals surface area contributed by atoms with E-state index in [-0.39, 0.29) is 6.04 Å². The molecule has 3 heteroatoms. The number of aryl methyl sites for hydroxylation is 2. The van der Waals surface area contributed by atoms with Gasteiger partial charge in [0.2, 0.25) is 0 Å². The van der Waals surface area contributed by atoms with Crippen LogP contribution in [0.3, 0.4) is 0 Å². The highest BCUT2D eigenvalue weighted by atomic mass is 16.5. The van der Waals surface area contributed by atoms with Crippen molar-refractivity contribution in [3.63, 3.8) is 0 Å². The first kappa shape index (κ1) is 13.7. The van der Waals surface area contributed by atoms with Gasteiger partial charge < -0.3 is 9.96 Å². The molecule has 0 radical (unpaired) electrons. The molecule has 1 atom stereocenters. The number of nitrogens with one attached hydrogen (secondary N) is 1. The minimum absolute atomic E-state index is 0.209. The molecule has 0 fully saturated rings. The summed E-state index contributed by atoms with van der Waals surface area (Å²) in [5, 5.41) is 3.30. The Bertz CT molecular complexity index is 507. The van der Waals surface area contributed by atoms with Crippen LogP contribution in [0.25, 0.3) is 0 Å². The second-order valence-electron chi connectivity index (χ2n) is 4.78. The third-order valence-electron chi connectivity index (χ3n) is 3.35. The standard InChI is InChI=1S/C16H20BNO/c1-12-7-6-8-13(2)16(12)19-11-15(18-17)14-9-4-3-5-10-14/h3-10,15,18H,11,17H2,1-2H3. The van der Waals surface area contributed by atoms with Gasteiger partial charge in [-0.1, -0.05) is 48.5 Å². The smallest absolute Gasteiger partial charge is 0.182 e. The van der Waals surface area contributed by atoms with Crippen molar-refractivity contribution in [2.75, 3.05) is 6.61 Å². The van der Waals surface area contributed by atoms with Crippen LogP contribution in [0.1, 0.15) is 22.7 Å². The highest BCUT2D eigenvalue weighted by Gasteiger charge is 2.11. The van der Waals surface area contributed by atoms with Crippen molar-refractivity contribution in [1.29, 1.82) is 0 Å². The lowest BCUT2D eigenvalue weighted by atomic mass is 10.1. The van der Waals surface area contributed by atoms with Crippen LogP contribution in [0.4, 0.5) is 0 Å². The minimum atomic E-state index is 0.209. The van der Waals surface area contributed by atoms with Gasteiger partial charge in [-0.15, -0.1) is 0 Å². The first-order valence-corrected chi connectivity index (χ1v) is 6.63. The van der Waals surface area contributed by atoms with Gasteiger partial charge in [-0.25, -0.2) is 0 Å². The maximum absolute atomic E-state index is 6.01. The average Bonchev–Trinajstić information content (AvgIpc) is 2.43. The number of para-hydroxylation sites is 1. The predicted octanol–water partition coefficient (Wildman–Crippen LogP) is 2.56. The van der Waals surface area contributed by atoms with Gasteiger partial charge >= 0.3 is 0 Å². The summed E-state index contributed by atoms with van der Waals surface area (Å²) in [7, 11) is 1.96. The molecule has 0 heterocycles. The van der Waals surface area contributed by atoms with Crippen molar-refractivity contribution >= 4 is 7.98 Å². The van der Waals surface area contributed by atoms with Crippen LogP contribution < -0.4 is 9.96 Å². The van der Waals surface area contributed by atoms with Crippen molar-refractivity contribution < 1.29 is 4.74 Å². The molecule has 19 heavy (non-hydrogen) atoms. The van der Waals surface area contributed by atoms with Gasteiger partial charge in [0.05, 0.1) is 6.04 Å². The third-order valence-corrected chi connectivity index (χ3v) is 3.35. The molecule has 0 aliphatic carbocycles. The Morgan fingerprint density at radius 2 is 1.63 bits per heavy atom. The summed E-state index contributed by atoms with van der Waals surface area (Å²) in [6.45, 7) is 4.80. The summed E-state index contributed by atoms with van der Waals surface area (Å²) < 4.78 is 6.01. The molecule has 0 saturated heterocycles. The second kappa shape index (κ2) is 6.44. The molecule has 0 aromatic heterocycles. The molecule has 2 rings (SSSR count). The first-order valence-electron chi connectivity index (χ1n) is 6.63. The van der Waals surface area contributed by atoms with E-state index in [4.69, 9.17) is 4.74 Å². The normalized spacial score (nSPS) is 12.1. The van der Waals surface area contributed by atoms with E-state index in [1.54, 1.807) is 0 Å². The maximum Gasteiger partial charge on any atom is 0.182 e. The largest absolute Gasteiger partial charge is 0.491 e. The molecular formula is C16H20BNO. The van der Waals surface area contributed by atoms with E-state index in [2.05, 4.69) is 61.5 Å². The summed E-state index contributed by atoms with van der Waals surface area (Å²) in [4.78, 5) is 0. The van der Waals surface area contributed by atoms with Crippen molar-refractivity contribution in [3.05, 3.63) is 65.2 Å². The van der Waals surface area contributed by atoms with Crippen LogP contribution in [0.5, 0.6) is 5.75 Å². The molecule has 2 aromatic carbocycles. The maximum atomic E-state index is 6.01. The fourth-order valence-electron chi connectivity index (χ4n) is 2.23.